The summed E-state index contributed by atoms with van der Waals surface area (Å²) in [4.78, 5) is 35.7. The highest BCUT2D eigenvalue weighted by Crippen LogP contribution is 2.11. The predicted octanol–water partition coefficient (Wildman–Crippen LogP) is 0.673. The number of nitrogens with one attached hydrogen (secondary N) is 1. The van der Waals surface area contributed by atoms with Crippen LogP contribution in [0.4, 0.5) is 5.95 Å². The second-order valence-electron chi connectivity index (χ2n) is 5.55. The Morgan fingerprint density at radius 1 is 1.23 bits per heavy atom. The van der Waals surface area contributed by atoms with Crippen molar-refractivity contribution >= 4 is 17.8 Å². The molecule has 22 heavy (non-hydrogen) atoms. The SMILES string of the molecule is CCC(C)NC(=O)c1cnc(N2CCN(C(C)=O)CC2)nc1. The summed E-state index contributed by atoms with van der Waals surface area (Å²) in [7, 11) is 0. The number of anilines is 1. The van der Waals surface area contributed by atoms with E-state index in [9.17, 15) is 9.59 Å². The van der Waals surface area contributed by atoms with Crippen molar-refractivity contribution in [2.75, 3.05) is 31.1 Å². The summed E-state index contributed by atoms with van der Waals surface area (Å²) in [6.07, 6.45) is 3.99. The number of carbonyl (C=O) groups is 2. The van der Waals surface area contributed by atoms with E-state index in [4.69, 9.17) is 0 Å². The summed E-state index contributed by atoms with van der Waals surface area (Å²) in [5, 5.41) is 2.89. The van der Waals surface area contributed by atoms with E-state index in [-0.39, 0.29) is 17.9 Å². The van der Waals surface area contributed by atoms with E-state index in [0.29, 0.717) is 37.7 Å². The lowest BCUT2D eigenvalue weighted by atomic mass is 10.2. The number of rotatable bonds is 4. The fourth-order valence-electron chi connectivity index (χ4n) is 2.23. The van der Waals surface area contributed by atoms with Crippen LogP contribution in [-0.4, -0.2) is 58.9 Å². The molecule has 1 fully saturated rings. The smallest absolute Gasteiger partial charge is 0.254 e. The zero-order valence-electron chi connectivity index (χ0n) is 13.4. The van der Waals surface area contributed by atoms with Crippen LogP contribution in [-0.2, 0) is 4.79 Å². The van der Waals surface area contributed by atoms with Crippen LogP contribution in [0.5, 0.6) is 0 Å². The van der Waals surface area contributed by atoms with Crippen molar-refractivity contribution in [1.82, 2.24) is 20.2 Å². The fourth-order valence-corrected chi connectivity index (χ4v) is 2.23. The first-order valence-corrected chi connectivity index (χ1v) is 7.64. The minimum Gasteiger partial charge on any atom is -0.350 e. The monoisotopic (exact) mass is 305 g/mol. The van der Waals surface area contributed by atoms with Crippen molar-refractivity contribution in [3.8, 4) is 0 Å². The van der Waals surface area contributed by atoms with Gasteiger partial charge in [-0.3, -0.25) is 9.59 Å². The van der Waals surface area contributed by atoms with Gasteiger partial charge in [-0.25, -0.2) is 9.97 Å². The molecule has 1 N–H and O–H groups in total. The second-order valence-corrected chi connectivity index (χ2v) is 5.55. The molecule has 0 aliphatic carbocycles. The Morgan fingerprint density at radius 3 is 2.32 bits per heavy atom. The molecular formula is C15H23N5O2. The van der Waals surface area contributed by atoms with Crippen LogP contribution in [0.2, 0.25) is 0 Å². The van der Waals surface area contributed by atoms with Crippen molar-refractivity contribution in [2.45, 2.75) is 33.2 Å². The molecule has 1 aromatic heterocycles. The van der Waals surface area contributed by atoms with E-state index < -0.39 is 0 Å². The quantitative estimate of drug-likeness (QED) is 0.885. The molecule has 1 saturated heterocycles. The molecule has 2 heterocycles. The number of hydrogen-bond acceptors (Lipinski definition) is 5. The third-order valence-electron chi connectivity index (χ3n) is 3.90. The normalized spacial score (nSPS) is 16.3. The first kappa shape index (κ1) is 16.2. The lowest BCUT2D eigenvalue weighted by Gasteiger charge is -2.34. The zero-order chi connectivity index (χ0) is 16.1. The highest BCUT2D eigenvalue weighted by Gasteiger charge is 2.20. The molecule has 1 aliphatic heterocycles. The van der Waals surface area contributed by atoms with Gasteiger partial charge >= 0.3 is 0 Å². The third-order valence-corrected chi connectivity index (χ3v) is 3.90. The number of hydrogen-bond donors (Lipinski definition) is 1. The molecule has 0 bridgehead atoms. The zero-order valence-corrected chi connectivity index (χ0v) is 13.4. The molecular weight excluding hydrogens is 282 g/mol. The van der Waals surface area contributed by atoms with Gasteiger partial charge in [0.05, 0.1) is 5.56 Å². The first-order valence-electron chi connectivity index (χ1n) is 7.64. The number of carbonyl (C=O) groups excluding carboxylic acids is 2. The number of aromatic nitrogens is 2. The van der Waals surface area contributed by atoms with E-state index in [1.165, 1.54) is 0 Å². The van der Waals surface area contributed by atoms with Gasteiger partial charge in [0, 0.05) is 51.5 Å². The molecule has 1 atom stereocenters. The van der Waals surface area contributed by atoms with E-state index in [2.05, 4.69) is 15.3 Å². The van der Waals surface area contributed by atoms with Gasteiger partial charge in [-0.2, -0.15) is 0 Å². The minimum atomic E-state index is -0.151. The van der Waals surface area contributed by atoms with Gasteiger partial charge in [0.2, 0.25) is 11.9 Å². The summed E-state index contributed by atoms with van der Waals surface area (Å²) < 4.78 is 0. The third kappa shape index (κ3) is 3.93. The minimum absolute atomic E-state index is 0.0950. The lowest BCUT2D eigenvalue weighted by Crippen LogP contribution is -2.48. The molecule has 7 nitrogen and oxygen atoms in total. The van der Waals surface area contributed by atoms with Crippen LogP contribution < -0.4 is 10.2 Å². The van der Waals surface area contributed by atoms with Gasteiger partial charge in [-0.1, -0.05) is 6.92 Å². The van der Waals surface area contributed by atoms with Crippen molar-refractivity contribution in [2.24, 2.45) is 0 Å². The van der Waals surface area contributed by atoms with Gasteiger partial charge in [0.1, 0.15) is 0 Å². The predicted molar refractivity (Wildman–Crippen MR) is 83.7 cm³/mol. The molecule has 2 rings (SSSR count). The van der Waals surface area contributed by atoms with Crippen LogP contribution in [0.1, 0.15) is 37.6 Å². The van der Waals surface area contributed by atoms with Crippen molar-refractivity contribution in [3.05, 3.63) is 18.0 Å². The molecule has 2 amide bonds. The molecule has 1 unspecified atom stereocenters. The molecule has 0 radical (unpaired) electrons. The van der Waals surface area contributed by atoms with Crippen LogP contribution >= 0.6 is 0 Å². The maximum atomic E-state index is 12.0. The molecule has 120 valence electrons. The Bertz CT molecular complexity index is 523. The summed E-state index contributed by atoms with van der Waals surface area (Å²) in [5.74, 6) is 0.545. The van der Waals surface area contributed by atoms with Crippen LogP contribution in [0, 0.1) is 0 Å². The van der Waals surface area contributed by atoms with Crippen molar-refractivity contribution < 1.29 is 9.59 Å². The maximum absolute atomic E-state index is 12.0. The summed E-state index contributed by atoms with van der Waals surface area (Å²) >= 11 is 0. The fraction of sp³-hybridized carbons (Fsp3) is 0.600. The highest BCUT2D eigenvalue weighted by molar-refractivity contribution is 5.93. The van der Waals surface area contributed by atoms with Crippen molar-refractivity contribution in [1.29, 1.82) is 0 Å². The topological polar surface area (TPSA) is 78.4 Å². The molecule has 1 aliphatic rings. The van der Waals surface area contributed by atoms with Gasteiger partial charge in [0.25, 0.3) is 5.91 Å². The summed E-state index contributed by atoms with van der Waals surface area (Å²) in [5.41, 5.74) is 0.464. The van der Waals surface area contributed by atoms with Crippen LogP contribution in [0.3, 0.4) is 0 Å². The Hall–Kier alpha value is -2.18. The van der Waals surface area contributed by atoms with E-state index >= 15 is 0 Å². The van der Waals surface area contributed by atoms with Crippen molar-refractivity contribution in [3.63, 3.8) is 0 Å². The molecule has 1 aromatic rings. The Kier molecular flexibility index (Phi) is 5.30. The maximum Gasteiger partial charge on any atom is 0.254 e. The largest absolute Gasteiger partial charge is 0.350 e. The molecule has 0 spiro atoms. The van der Waals surface area contributed by atoms with Gasteiger partial charge in [-0.15, -0.1) is 0 Å². The average Bonchev–Trinajstić information content (AvgIpc) is 2.55. The van der Waals surface area contributed by atoms with E-state index in [0.717, 1.165) is 6.42 Å². The second kappa shape index (κ2) is 7.20. The number of amides is 2. The molecule has 0 saturated carbocycles. The standard InChI is InChI=1S/C15H23N5O2/c1-4-11(2)18-14(22)13-9-16-15(17-10-13)20-7-5-19(6-8-20)12(3)21/h9-11H,4-8H2,1-3H3,(H,18,22). The molecule has 0 aromatic carbocycles. The summed E-state index contributed by atoms with van der Waals surface area (Å²) in [6, 6.07) is 0.131. The van der Waals surface area contributed by atoms with E-state index in [1.54, 1.807) is 19.3 Å². The number of nitrogens with zero attached hydrogens (tertiary/aromatic N) is 4. The van der Waals surface area contributed by atoms with Gasteiger partial charge in [0.15, 0.2) is 0 Å². The number of piperazine rings is 1. The Morgan fingerprint density at radius 2 is 1.82 bits per heavy atom. The Labute approximate surface area is 130 Å². The van der Waals surface area contributed by atoms with Crippen LogP contribution in [0.15, 0.2) is 12.4 Å². The molecule has 7 heteroatoms. The average molecular weight is 305 g/mol. The van der Waals surface area contributed by atoms with Crippen LogP contribution in [0.25, 0.3) is 0 Å². The summed E-state index contributed by atoms with van der Waals surface area (Å²) in [6.45, 7) is 8.32. The van der Waals surface area contributed by atoms with Gasteiger partial charge < -0.3 is 15.1 Å². The Balaban J connectivity index is 1.95. The van der Waals surface area contributed by atoms with Gasteiger partial charge in [-0.05, 0) is 13.3 Å². The first-order chi connectivity index (χ1) is 10.5. The lowest BCUT2D eigenvalue weighted by molar-refractivity contribution is -0.129. The van der Waals surface area contributed by atoms with E-state index in [1.807, 2.05) is 23.6 Å². The highest BCUT2D eigenvalue weighted by atomic mass is 16.2.